The van der Waals surface area contributed by atoms with Crippen molar-refractivity contribution in [2.75, 3.05) is 18.9 Å². The van der Waals surface area contributed by atoms with Crippen molar-refractivity contribution in [1.29, 1.82) is 0 Å². The zero-order valence-corrected chi connectivity index (χ0v) is 9.19. The van der Waals surface area contributed by atoms with Crippen molar-refractivity contribution in [3.8, 4) is 0 Å². The highest BCUT2D eigenvalue weighted by Gasteiger charge is 2.32. The number of cyclic esters (lactones) is 1. The minimum atomic E-state index is -0.238. The maximum absolute atomic E-state index is 11.4. The highest BCUT2D eigenvalue weighted by atomic mass is 32.1. The predicted molar refractivity (Wildman–Crippen MR) is 61.1 cm³/mol. The molecule has 1 fully saturated rings. The van der Waals surface area contributed by atoms with Crippen LogP contribution >= 0.6 is 12.6 Å². The van der Waals surface area contributed by atoms with E-state index in [2.05, 4.69) is 12.6 Å². The monoisotopic (exact) mass is 223 g/mol. The molecule has 1 saturated heterocycles. The molecule has 2 rings (SSSR count). The first-order chi connectivity index (χ1) is 7.33. The van der Waals surface area contributed by atoms with Crippen LogP contribution in [0.1, 0.15) is 11.6 Å². The number of thiol groups is 1. The van der Waals surface area contributed by atoms with E-state index in [1.807, 2.05) is 30.3 Å². The number of carbonyl (C=O) groups is 1. The van der Waals surface area contributed by atoms with Crippen LogP contribution < -0.4 is 0 Å². The highest BCUT2D eigenvalue weighted by Crippen LogP contribution is 2.26. The van der Waals surface area contributed by atoms with Crippen molar-refractivity contribution in [2.24, 2.45) is 0 Å². The van der Waals surface area contributed by atoms with Crippen LogP contribution in [-0.2, 0) is 4.74 Å². The number of ether oxygens (including phenoxy) is 1. The summed E-state index contributed by atoms with van der Waals surface area (Å²) in [7, 11) is 0. The molecule has 1 heterocycles. The lowest BCUT2D eigenvalue weighted by molar-refractivity contribution is 0.159. The minimum absolute atomic E-state index is 0.0471. The molecular weight excluding hydrogens is 210 g/mol. The second-order valence-electron chi connectivity index (χ2n) is 3.42. The maximum atomic E-state index is 11.4. The molecule has 0 bridgehead atoms. The molecule has 1 aromatic rings. The van der Waals surface area contributed by atoms with E-state index in [1.165, 1.54) is 0 Å². The van der Waals surface area contributed by atoms with E-state index in [9.17, 15) is 4.79 Å². The van der Waals surface area contributed by atoms with E-state index in [1.54, 1.807) is 4.90 Å². The Bertz CT molecular complexity index is 342. The van der Waals surface area contributed by atoms with E-state index in [0.717, 1.165) is 5.56 Å². The molecule has 1 aromatic carbocycles. The number of hydrogen-bond acceptors (Lipinski definition) is 3. The van der Waals surface area contributed by atoms with Crippen LogP contribution in [0.5, 0.6) is 0 Å². The van der Waals surface area contributed by atoms with Gasteiger partial charge in [-0.05, 0) is 5.56 Å². The molecule has 1 aliphatic rings. The smallest absolute Gasteiger partial charge is 0.410 e. The number of amides is 1. The Morgan fingerprint density at radius 2 is 2.13 bits per heavy atom. The molecule has 4 heteroatoms. The van der Waals surface area contributed by atoms with E-state index in [4.69, 9.17) is 4.74 Å². The van der Waals surface area contributed by atoms with Gasteiger partial charge >= 0.3 is 6.09 Å². The number of carbonyl (C=O) groups excluding carboxylic acids is 1. The van der Waals surface area contributed by atoms with Gasteiger partial charge in [0.2, 0.25) is 0 Å². The van der Waals surface area contributed by atoms with Gasteiger partial charge in [0.05, 0.1) is 6.04 Å². The fraction of sp³-hybridized carbons (Fsp3) is 0.364. The molecule has 0 aliphatic carbocycles. The van der Waals surface area contributed by atoms with Gasteiger partial charge in [-0.3, -0.25) is 4.90 Å². The van der Waals surface area contributed by atoms with E-state index < -0.39 is 0 Å². The van der Waals surface area contributed by atoms with E-state index in [0.29, 0.717) is 18.9 Å². The van der Waals surface area contributed by atoms with Crippen LogP contribution in [0.15, 0.2) is 30.3 Å². The third-order valence-corrected chi connectivity index (χ3v) is 2.70. The first kappa shape index (κ1) is 10.4. The van der Waals surface area contributed by atoms with Crippen LogP contribution in [0.2, 0.25) is 0 Å². The summed E-state index contributed by atoms with van der Waals surface area (Å²) in [4.78, 5) is 13.1. The van der Waals surface area contributed by atoms with Gasteiger partial charge in [-0.1, -0.05) is 30.3 Å². The molecule has 1 aliphatic heterocycles. The highest BCUT2D eigenvalue weighted by molar-refractivity contribution is 7.80. The second kappa shape index (κ2) is 4.57. The number of hydrogen-bond donors (Lipinski definition) is 1. The molecular formula is C11H13NO2S. The van der Waals surface area contributed by atoms with Gasteiger partial charge in [0.1, 0.15) is 6.61 Å². The lowest BCUT2D eigenvalue weighted by atomic mass is 10.1. The largest absolute Gasteiger partial charge is 0.447 e. The summed E-state index contributed by atoms with van der Waals surface area (Å²) < 4.78 is 5.04. The Morgan fingerprint density at radius 3 is 2.80 bits per heavy atom. The molecule has 3 nitrogen and oxygen atoms in total. The maximum Gasteiger partial charge on any atom is 0.410 e. The first-order valence-electron chi connectivity index (χ1n) is 4.92. The molecule has 0 unspecified atom stereocenters. The molecule has 80 valence electrons. The molecule has 0 saturated carbocycles. The van der Waals surface area contributed by atoms with Gasteiger partial charge in [-0.25, -0.2) is 4.79 Å². The van der Waals surface area contributed by atoms with Crippen molar-refractivity contribution < 1.29 is 9.53 Å². The molecule has 1 amide bonds. The average molecular weight is 223 g/mol. The molecule has 1 atom stereocenters. The second-order valence-corrected chi connectivity index (χ2v) is 3.87. The summed E-state index contributed by atoms with van der Waals surface area (Å²) in [5.74, 6) is 0.651. The fourth-order valence-electron chi connectivity index (χ4n) is 1.76. The summed E-state index contributed by atoms with van der Waals surface area (Å²) in [5, 5.41) is 0. The number of nitrogens with zero attached hydrogens (tertiary/aromatic N) is 1. The van der Waals surface area contributed by atoms with Crippen LogP contribution in [0.4, 0.5) is 4.79 Å². The zero-order valence-electron chi connectivity index (χ0n) is 8.30. The fourth-order valence-corrected chi connectivity index (χ4v) is 1.97. The van der Waals surface area contributed by atoms with Crippen LogP contribution in [0.25, 0.3) is 0 Å². The summed E-state index contributed by atoms with van der Waals surface area (Å²) in [5.41, 5.74) is 1.12. The van der Waals surface area contributed by atoms with Gasteiger partial charge in [-0.2, -0.15) is 12.6 Å². The van der Waals surface area contributed by atoms with Crippen molar-refractivity contribution >= 4 is 18.7 Å². The van der Waals surface area contributed by atoms with Gasteiger partial charge in [0, 0.05) is 12.3 Å². The third-order valence-electron chi connectivity index (χ3n) is 2.50. The standard InChI is InChI=1S/C11H13NO2S/c13-11-12(6-7-15)10(8-14-11)9-4-2-1-3-5-9/h1-5,10,15H,6-8H2/t10-/m1/s1. The van der Waals surface area contributed by atoms with Gasteiger partial charge < -0.3 is 4.74 Å². The van der Waals surface area contributed by atoms with Gasteiger partial charge in [0.15, 0.2) is 0 Å². The number of rotatable bonds is 3. The lowest BCUT2D eigenvalue weighted by Gasteiger charge is -2.20. The Hall–Kier alpha value is -1.16. The quantitative estimate of drug-likeness (QED) is 0.795. The topological polar surface area (TPSA) is 29.5 Å². The summed E-state index contributed by atoms with van der Waals surface area (Å²) >= 11 is 4.14. The molecule has 0 radical (unpaired) electrons. The number of benzene rings is 1. The Kier molecular flexibility index (Phi) is 3.16. The third kappa shape index (κ3) is 2.09. The van der Waals surface area contributed by atoms with Gasteiger partial charge in [-0.15, -0.1) is 0 Å². The lowest BCUT2D eigenvalue weighted by Crippen LogP contribution is -2.29. The molecule has 0 spiro atoms. The van der Waals surface area contributed by atoms with E-state index in [-0.39, 0.29) is 12.1 Å². The van der Waals surface area contributed by atoms with Crippen molar-refractivity contribution in [3.05, 3.63) is 35.9 Å². The zero-order chi connectivity index (χ0) is 10.7. The normalized spacial score (nSPS) is 20.5. The van der Waals surface area contributed by atoms with Crippen LogP contribution in [0, 0.1) is 0 Å². The van der Waals surface area contributed by atoms with Crippen LogP contribution in [-0.4, -0.2) is 29.9 Å². The van der Waals surface area contributed by atoms with Crippen molar-refractivity contribution in [2.45, 2.75) is 6.04 Å². The predicted octanol–water partition coefficient (Wildman–Crippen LogP) is 2.11. The summed E-state index contributed by atoms with van der Waals surface area (Å²) in [6.45, 7) is 1.07. The Morgan fingerprint density at radius 1 is 1.40 bits per heavy atom. The average Bonchev–Trinajstić information content (AvgIpc) is 2.63. The SMILES string of the molecule is O=C1OC[C@H](c2ccccc2)N1CCS. The Balaban J connectivity index is 2.18. The van der Waals surface area contributed by atoms with Crippen molar-refractivity contribution in [1.82, 2.24) is 4.90 Å². The molecule has 15 heavy (non-hydrogen) atoms. The van der Waals surface area contributed by atoms with Gasteiger partial charge in [0.25, 0.3) is 0 Å². The summed E-state index contributed by atoms with van der Waals surface area (Å²) in [6, 6.07) is 9.97. The first-order valence-corrected chi connectivity index (χ1v) is 5.55. The summed E-state index contributed by atoms with van der Waals surface area (Å²) in [6.07, 6.45) is -0.238. The van der Waals surface area contributed by atoms with Crippen LogP contribution in [0.3, 0.4) is 0 Å². The molecule has 0 aromatic heterocycles. The van der Waals surface area contributed by atoms with Crippen molar-refractivity contribution in [3.63, 3.8) is 0 Å². The minimum Gasteiger partial charge on any atom is -0.447 e. The molecule has 0 N–H and O–H groups in total. The van der Waals surface area contributed by atoms with E-state index >= 15 is 0 Å². The Labute approximate surface area is 94.4 Å².